The molecule has 0 fully saturated rings. The lowest BCUT2D eigenvalue weighted by atomic mass is 10.2. The summed E-state index contributed by atoms with van der Waals surface area (Å²) in [6.45, 7) is 2.80. The standard InChI is InChI=1S/C18H21N6/c1-15-13-19-23(3)24(15)21-20-17-9-11-18(12-10-17)22(2)14-16-7-5-4-6-8-16/h4-13H,14H2,1-3H3/q+1. The van der Waals surface area contributed by atoms with Gasteiger partial charge in [0, 0.05) is 24.4 Å². The predicted octanol–water partition coefficient (Wildman–Crippen LogP) is 3.20. The maximum absolute atomic E-state index is 4.26. The van der Waals surface area contributed by atoms with Crippen molar-refractivity contribution in [2.75, 3.05) is 11.9 Å². The number of hydrogen-bond donors (Lipinski definition) is 0. The van der Waals surface area contributed by atoms with Crippen LogP contribution in [-0.4, -0.2) is 16.9 Å². The lowest BCUT2D eigenvalue weighted by Gasteiger charge is -2.19. The first-order valence-electron chi connectivity index (χ1n) is 7.81. The molecule has 1 aromatic heterocycles. The van der Waals surface area contributed by atoms with Gasteiger partial charge in [-0.25, -0.2) is 0 Å². The van der Waals surface area contributed by atoms with Gasteiger partial charge >= 0.3 is 0 Å². The topological polar surface area (TPSA) is 49.7 Å². The molecule has 3 aromatic rings. The summed E-state index contributed by atoms with van der Waals surface area (Å²) in [5.41, 5.74) is 4.16. The number of benzene rings is 2. The highest BCUT2D eigenvalue weighted by Gasteiger charge is 2.08. The van der Waals surface area contributed by atoms with Gasteiger partial charge < -0.3 is 4.90 Å². The lowest BCUT2D eigenvalue weighted by Crippen LogP contribution is -2.38. The summed E-state index contributed by atoms with van der Waals surface area (Å²) in [4.78, 5) is 5.49. The Balaban J connectivity index is 1.69. The van der Waals surface area contributed by atoms with Crippen LogP contribution in [0, 0.1) is 6.92 Å². The van der Waals surface area contributed by atoms with Crippen LogP contribution in [0.1, 0.15) is 11.3 Å². The second-order valence-electron chi connectivity index (χ2n) is 5.71. The molecule has 0 atom stereocenters. The molecule has 6 heteroatoms. The Bertz CT molecular complexity index is 801. The van der Waals surface area contributed by atoms with Crippen LogP contribution in [-0.2, 0) is 13.6 Å². The van der Waals surface area contributed by atoms with Gasteiger partial charge in [0.15, 0.2) is 17.6 Å². The Kier molecular flexibility index (Phi) is 4.65. The first-order chi connectivity index (χ1) is 11.6. The fourth-order valence-electron chi connectivity index (χ4n) is 2.44. The third kappa shape index (κ3) is 3.65. The molecule has 0 aliphatic heterocycles. The highest BCUT2D eigenvalue weighted by Crippen LogP contribution is 2.20. The van der Waals surface area contributed by atoms with E-state index in [0.717, 1.165) is 23.6 Å². The van der Waals surface area contributed by atoms with Crippen LogP contribution in [0.25, 0.3) is 0 Å². The van der Waals surface area contributed by atoms with Crippen molar-refractivity contribution in [1.29, 1.82) is 0 Å². The molecule has 1 heterocycles. The molecular weight excluding hydrogens is 300 g/mol. The van der Waals surface area contributed by atoms with Gasteiger partial charge in [-0.3, -0.25) is 0 Å². The highest BCUT2D eigenvalue weighted by atomic mass is 15.7. The van der Waals surface area contributed by atoms with E-state index in [2.05, 4.69) is 63.8 Å². The molecule has 0 bridgehead atoms. The molecule has 2 aromatic carbocycles. The quantitative estimate of drug-likeness (QED) is 0.535. The highest BCUT2D eigenvalue weighted by molar-refractivity contribution is 5.52. The SMILES string of the molecule is Cc1cnn(C)[n+]1N=Nc1ccc(N(C)Cc2ccccc2)cc1. The van der Waals surface area contributed by atoms with E-state index in [1.54, 1.807) is 15.8 Å². The monoisotopic (exact) mass is 321 g/mol. The average Bonchev–Trinajstić information content (AvgIpc) is 2.92. The van der Waals surface area contributed by atoms with E-state index >= 15 is 0 Å². The Morgan fingerprint density at radius 3 is 2.42 bits per heavy atom. The van der Waals surface area contributed by atoms with E-state index in [1.807, 2.05) is 32.2 Å². The summed E-state index contributed by atoms with van der Waals surface area (Å²) >= 11 is 0. The number of aromatic nitrogens is 3. The van der Waals surface area contributed by atoms with Gasteiger partial charge in [0.05, 0.1) is 12.3 Å². The van der Waals surface area contributed by atoms with E-state index < -0.39 is 0 Å². The minimum absolute atomic E-state index is 0.806. The van der Waals surface area contributed by atoms with Crippen molar-refractivity contribution < 1.29 is 4.79 Å². The zero-order valence-electron chi connectivity index (χ0n) is 14.2. The van der Waals surface area contributed by atoms with Crippen molar-refractivity contribution in [2.45, 2.75) is 13.5 Å². The lowest BCUT2D eigenvalue weighted by molar-refractivity contribution is -0.773. The summed E-state index contributed by atoms with van der Waals surface area (Å²) in [5, 5.41) is 12.6. The fraction of sp³-hybridized carbons (Fsp3) is 0.222. The van der Waals surface area contributed by atoms with Crippen LogP contribution in [0.2, 0.25) is 0 Å². The smallest absolute Gasteiger partial charge is 0.165 e. The van der Waals surface area contributed by atoms with E-state index in [0.29, 0.717) is 0 Å². The Hall–Kier alpha value is -3.02. The molecule has 0 saturated heterocycles. The zero-order valence-corrected chi connectivity index (χ0v) is 14.2. The molecule has 0 radical (unpaired) electrons. The minimum Gasteiger partial charge on any atom is -0.370 e. The zero-order chi connectivity index (χ0) is 16.9. The van der Waals surface area contributed by atoms with E-state index in [4.69, 9.17) is 0 Å². The number of nitrogens with zero attached hydrogens (tertiary/aromatic N) is 6. The number of anilines is 1. The summed E-state index contributed by atoms with van der Waals surface area (Å²) in [7, 11) is 3.91. The van der Waals surface area contributed by atoms with Gasteiger partial charge in [0.25, 0.3) is 0 Å². The third-order valence-corrected chi connectivity index (χ3v) is 3.80. The van der Waals surface area contributed by atoms with Crippen molar-refractivity contribution in [3.8, 4) is 0 Å². The molecule has 0 spiro atoms. The van der Waals surface area contributed by atoms with Crippen LogP contribution in [0.4, 0.5) is 11.4 Å². The van der Waals surface area contributed by atoms with Gasteiger partial charge in [-0.2, -0.15) is 0 Å². The maximum Gasteiger partial charge on any atom is 0.165 e. The maximum atomic E-state index is 4.26. The van der Waals surface area contributed by atoms with Crippen molar-refractivity contribution in [1.82, 2.24) is 9.90 Å². The molecule has 0 N–H and O–H groups in total. The molecule has 24 heavy (non-hydrogen) atoms. The van der Waals surface area contributed by atoms with Crippen molar-refractivity contribution in [2.24, 2.45) is 17.4 Å². The summed E-state index contributed by atoms with van der Waals surface area (Å²) in [5.74, 6) is 0. The number of aryl methyl sites for hydroxylation is 2. The molecule has 3 rings (SSSR count). The first-order valence-corrected chi connectivity index (χ1v) is 7.81. The van der Waals surface area contributed by atoms with Crippen molar-refractivity contribution in [3.63, 3.8) is 0 Å². The van der Waals surface area contributed by atoms with Gasteiger partial charge in [-0.05, 0) is 46.6 Å². The van der Waals surface area contributed by atoms with Crippen LogP contribution < -0.4 is 9.69 Å². The molecular formula is C18H21N6+. The molecule has 0 unspecified atom stereocenters. The van der Waals surface area contributed by atoms with Gasteiger partial charge in [-0.15, -0.1) is 0 Å². The van der Waals surface area contributed by atoms with Gasteiger partial charge in [0.1, 0.15) is 0 Å². The molecule has 0 amide bonds. The summed E-state index contributed by atoms with van der Waals surface area (Å²) in [6.07, 6.45) is 1.75. The Morgan fingerprint density at radius 1 is 1.08 bits per heavy atom. The Morgan fingerprint density at radius 2 is 1.79 bits per heavy atom. The minimum atomic E-state index is 0.806. The molecule has 122 valence electrons. The van der Waals surface area contributed by atoms with E-state index in [9.17, 15) is 0 Å². The third-order valence-electron chi connectivity index (χ3n) is 3.80. The van der Waals surface area contributed by atoms with Crippen LogP contribution in [0.15, 0.2) is 71.1 Å². The first kappa shape index (κ1) is 15.9. The predicted molar refractivity (Wildman–Crippen MR) is 93.0 cm³/mol. The number of rotatable bonds is 5. The largest absolute Gasteiger partial charge is 0.370 e. The van der Waals surface area contributed by atoms with Gasteiger partial charge in [-0.1, -0.05) is 35.1 Å². The van der Waals surface area contributed by atoms with E-state index in [1.165, 1.54) is 5.56 Å². The second-order valence-corrected chi connectivity index (χ2v) is 5.71. The van der Waals surface area contributed by atoms with E-state index in [-0.39, 0.29) is 0 Å². The Labute approximate surface area is 141 Å². The summed E-state index contributed by atoms with van der Waals surface area (Å²) < 4.78 is 0. The molecule has 6 nitrogen and oxygen atoms in total. The fourth-order valence-corrected chi connectivity index (χ4v) is 2.44. The normalized spacial score (nSPS) is 11.1. The average molecular weight is 321 g/mol. The van der Waals surface area contributed by atoms with Crippen LogP contribution in [0.3, 0.4) is 0 Å². The van der Waals surface area contributed by atoms with Crippen molar-refractivity contribution in [3.05, 3.63) is 72.1 Å². The molecule has 0 saturated carbocycles. The number of hydrogen-bond acceptors (Lipinski definition) is 4. The molecule has 0 aliphatic carbocycles. The van der Waals surface area contributed by atoms with Crippen LogP contribution in [0.5, 0.6) is 0 Å². The second kappa shape index (κ2) is 7.04. The summed E-state index contributed by atoms with van der Waals surface area (Å²) in [6, 6.07) is 18.5. The molecule has 0 aliphatic rings. The van der Waals surface area contributed by atoms with Gasteiger partial charge in [0.2, 0.25) is 0 Å². The van der Waals surface area contributed by atoms with Crippen LogP contribution >= 0.6 is 0 Å². The van der Waals surface area contributed by atoms with Crippen molar-refractivity contribution >= 4 is 11.4 Å².